The van der Waals surface area contributed by atoms with Gasteiger partial charge in [-0.1, -0.05) is 52.2 Å². The second-order valence-corrected chi connectivity index (χ2v) is 6.64. The molecule has 0 bridgehead atoms. The molecule has 0 unspecified atom stereocenters. The lowest BCUT2D eigenvalue weighted by Crippen LogP contribution is -2.17. The Kier molecular flexibility index (Phi) is 8.10. The lowest BCUT2D eigenvalue weighted by Gasteiger charge is -2.27. The molecule has 130 valence electrons. The predicted molar refractivity (Wildman–Crippen MR) is 91.6 cm³/mol. The summed E-state index contributed by atoms with van der Waals surface area (Å²) in [6.45, 7) is 6.38. The van der Waals surface area contributed by atoms with E-state index in [4.69, 9.17) is 9.84 Å². The molecule has 2 N–H and O–H groups in total. The molecule has 0 spiro atoms. The highest BCUT2D eigenvalue weighted by Gasteiger charge is 2.23. The summed E-state index contributed by atoms with van der Waals surface area (Å²) in [5.41, 5.74) is 1.87. The first-order valence-corrected chi connectivity index (χ1v) is 8.49. The number of ether oxygens (including phenoxy) is 1. The van der Waals surface area contributed by atoms with Crippen molar-refractivity contribution in [3.05, 3.63) is 29.3 Å². The molecule has 4 heteroatoms. The molecule has 1 aromatic carbocycles. The second-order valence-electron chi connectivity index (χ2n) is 6.64. The molecule has 0 aliphatic heterocycles. The van der Waals surface area contributed by atoms with Crippen LogP contribution in [0.4, 0.5) is 0 Å². The van der Waals surface area contributed by atoms with E-state index in [1.54, 1.807) is 6.07 Å². The molecule has 0 fully saturated rings. The van der Waals surface area contributed by atoms with Gasteiger partial charge in [-0.15, -0.1) is 0 Å². The molecule has 0 amide bonds. The number of benzene rings is 1. The number of aryl methyl sites for hydroxylation is 1. The minimum Gasteiger partial charge on any atom is -0.508 e. The maximum atomic E-state index is 11.5. The van der Waals surface area contributed by atoms with Crippen molar-refractivity contribution in [2.24, 2.45) is 0 Å². The molecule has 0 saturated carbocycles. The van der Waals surface area contributed by atoms with Gasteiger partial charge in [-0.3, -0.25) is 4.79 Å². The fourth-order valence-corrected chi connectivity index (χ4v) is 2.71. The van der Waals surface area contributed by atoms with E-state index in [0.29, 0.717) is 12.2 Å². The standard InChI is InChI=1S/C19H30O4/c1-4-5-6-11-19(2,3)16-14-15(7-9-17(16)21)8-10-18(22)23-13-12-20/h7,9,14,20-21H,4-6,8,10-13H2,1-3H3. The molecular formula is C19H30O4. The number of aliphatic hydroxyl groups is 1. The predicted octanol–water partition coefficient (Wildman–Crippen LogP) is 3.72. The number of phenols is 1. The summed E-state index contributed by atoms with van der Waals surface area (Å²) in [6, 6.07) is 5.56. The zero-order valence-corrected chi connectivity index (χ0v) is 14.6. The van der Waals surface area contributed by atoms with E-state index in [1.807, 2.05) is 12.1 Å². The summed E-state index contributed by atoms with van der Waals surface area (Å²) in [4.78, 5) is 11.5. The zero-order chi connectivity index (χ0) is 17.3. The van der Waals surface area contributed by atoms with Crippen LogP contribution in [0.1, 0.15) is 64.0 Å². The van der Waals surface area contributed by atoms with E-state index in [9.17, 15) is 9.90 Å². The van der Waals surface area contributed by atoms with Crippen LogP contribution in [-0.4, -0.2) is 29.4 Å². The Morgan fingerprint density at radius 3 is 2.65 bits per heavy atom. The number of rotatable bonds is 10. The SMILES string of the molecule is CCCCCC(C)(C)c1cc(CCC(=O)OCCO)ccc1O. The minimum absolute atomic E-state index is 0.0458. The van der Waals surface area contributed by atoms with Crippen molar-refractivity contribution in [2.75, 3.05) is 13.2 Å². The Morgan fingerprint density at radius 2 is 2.00 bits per heavy atom. The Balaban J connectivity index is 2.72. The number of aliphatic hydroxyl groups excluding tert-OH is 1. The fourth-order valence-electron chi connectivity index (χ4n) is 2.71. The zero-order valence-electron chi connectivity index (χ0n) is 14.6. The van der Waals surface area contributed by atoms with Crippen molar-refractivity contribution in [3.63, 3.8) is 0 Å². The monoisotopic (exact) mass is 322 g/mol. The Hall–Kier alpha value is -1.55. The summed E-state index contributed by atoms with van der Waals surface area (Å²) < 4.78 is 4.86. The van der Waals surface area contributed by atoms with Gasteiger partial charge in [-0.25, -0.2) is 0 Å². The van der Waals surface area contributed by atoms with Crippen molar-refractivity contribution in [1.82, 2.24) is 0 Å². The number of hydrogen-bond acceptors (Lipinski definition) is 4. The van der Waals surface area contributed by atoms with Crippen LogP contribution < -0.4 is 0 Å². The van der Waals surface area contributed by atoms with Gasteiger partial charge in [0.05, 0.1) is 6.61 Å². The van der Waals surface area contributed by atoms with Gasteiger partial charge in [0.15, 0.2) is 0 Å². The van der Waals surface area contributed by atoms with Crippen molar-refractivity contribution in [3.8, 4) is 5.75 Å². The number of aromatic hydroxyl groups is 1. The van der Waals surface area contributed by atoms with Crippen LogP contribution in [0.25, 0.3) is 0 Å². The van der Waals surface area contributed by atoms with Gasteiger partial charge in [-0.05, 0) is 35.4 Å². The number of carbonyl (C=O) groups excluding carboxylic acids is 1. The highest BCUT2D eigenvalue weighted by Crippen LogP contribution is 2.36. The van der Waals surface area contributed by atoms with E-state index in [2.05, 4.69) is 20.8 Å². The molecule has 0 atom stereocenters. The second kappa shape index (κ2) is 9.56. The van der Waals surface area contributed by atoms with Crippen LogP contribution >= 0.6 is 0 Å². The van der Waals surface area contributed by atoms with E-state index >= 15 is 0 Å². The van der Waals surface area contributed by atoms with Crippen LogP contribution in [0.2, 0.25) is 0 Å². The first-order chi connectivity index (χ1) is 10.9. The van der Waals surface area contributed by atoms with Crippen LogP contribution in [0.15, 0.2) is 18.2 Å². The first kappa shape index (κ1) is 19.5. The average Bonchev–Trinajstić information content (AvgIpc) is 2.52. The number of carbonyl (C=O) groups is 1. The lowest BCUT2D eigenvalue weighted by molar-refractivity contribution is -0.144. The molecule has 0 aromatic heterocycles. The van der Waals surface area contributed by atoms with E-state index in [-0.39, 0.29) is 31.0 Å². The molecule has 0 heterocycles. The van der Waals surface area contributed by atoms with Crippen molar-refractivity contribution >= 4 is 5.97 Å². The number of unbranched alkanes of at least 4 members (excludes halogenated alkanes) is 2. The Morgan fingerprint density at radius 1 is 1.26 bits per heavy atom. The minimum atomic E-state index is -0.309. The van der Waals surface area contributed by atoms with Gasteiger partial charge in [-0.2, -0.15) is 0 Å². The quantitative estimate of drug-likeness (QED) is 0.509. The van der Waals surface area contributed by atoms with Crippen LogP contribution in [0.3, 0.4) is 0 Å². The molecule has 23 heavy (non-hydrogen) atoms. The van der Waals surface area contributed by atoms with Crippen LogP contribution in [-0.2, 0) is 21.4 Å². The van der Waals surface area contributed by atoms with Gasteiger partial charge in [0.25, 0.3) is 0 Å². The normalized spacial score (nSPS) is 11.5. The third-order valence-electron chi connectivity index (χ3n) is 4.17. The topological polar surface area (TPSA) is 66.8 Å². The molecule has 0 aliphatic carbocycles. The van der Waals surface area contributed by atoms with Gasteiger partial charge in [0.2, 0.25) is 0 Å². The van der Waals surface area contributed by atoms with Crippen molar-refractivity contribution < 1.29 is 19.7 Å². The maximum Gasteiger partial charge on any atom is 0.306 e. The summed E-state index contributed by atoms with van der Waals surface area (Å²) >= 11 is 0. The summed E-state index contributed by atoms with van der Waals surface area (Å²) in [5, 5.41) is 18.8. The van der Waals surface area contributed by atoms with Crippen LogP contribution in [0, 0.1) is 0 Å². The molecule has 0 radical (unpaired) electrons. The van der Waals surface area contributed by atoms with Gasteiger partial charge in [0, 0.05) is 6.42 Å². The molecule has 1 aromatic rings. The number of hydrogen-bond donors (Lipinski definition) is 2. The largest absolute Gasteiger partial charge is 0.508 e. The Labute approximate surface area is 139 Å². The third kappa shape index (κ3) is 6.61. The summed E-state index contributed by atoms with van der Waals surface area (Å²) in [7, 11) is 0. The highest BCUT2D eigenvalue weighted by molar-refractivity contribution is 5.69. The lowest BCUT2D eigenvalue weighted by atomic mass is 9.78. The summed E-state index contributed by atoms with van der Waals surface area (Å²) in [6.07, 6.45) is 5.39. The molecule has 4 nitrogen and oxygen atoms in total. The molecule has 0 saturated heterocycles. The third-order valence-corrected chi connectivity index (χ3v) is 4.17. The van der Waals surface area contributed by atoms with Crippen molar-refractivity contribution in [2.45, 2.75) is 64.7 Å². The van der Waals surface area contributed by atoms with E-state index < -0.39 is 0 Å². The van der Waals surface area contributed by atoms with Gasteiger partial charge in [0.1, 0.15) is 12.4 Å². The number of phenolic OH excluding ortho intramolecular Hbond substituents is 1. The van der Waals surface area contributed by atoms with E-state index in [0.717, 1.165) is 24.0 Å². The Bertz CT molecular complexity index is 494. The van der Waals surface area contributed by atoms with Gasteiger partial charge >= 0.3 is 5.97 Å². The summed E-state index contributed by atoms with van der Waals surface area (Å²) in [5.74, 6) is 0.00832. The molecule has 0 aliphatic rings. The fraction of sp³-hybridized carbons (Fsp3) is 0.632. The maximum absolute atomic E-state index is 11.5. The highest BCUT2D eigenvalue weighted by atomic mass is 16.5. The van der Waals surface area contributed by atoms with Crippen molar-refractivity contribution in [1.29, 1.82) is 0 Å². The smallest absolute Gasteiger partial charge is 0.306 e. The van der Waals surface area contributed by atoms with Gasteiger partial charge < -0.3 is 14.9 Å². The molecule has 1 rings (SSSR count). The first-order valence-electron chi connectivity index (χ1n) is 8.49. The number of esters is 1. The average molecular weight is 322 g/mol. The van der Waals surface area contributed by atoms with E-state index in [1.165, 1.54) is 12.8 Å². The molecular weight excluding hydrogens is 292 g/mol. The van der Waals surface area contributed by atoms with Crippen LogP contribution in [0.5, 0.6) is 5.75 Å².